The number of nitrogens with zero attached hydrogens (tertiary/aromatic N) is 3. The lowest BCUT2D eigenvalue weighted by molar-refractivity contribution is 0.222. The number of amides is 2. The van der Waals surface area contributed by atoms with E-state index in [1.54, 1.807) is 42.6 Å². The maximum atomic E-state index is 12.0. The molecule has 1 aromatic heterocycles. The minimum Gasteiger partial charge on any atom is -0.262 e. The summed E-state index contributed by atoms with van der Waals surface area (Å²) in [6, 6.07) is 11.4. The smallest absolute Gasteiger partial charge is 0.262 e. The molecule has 0 radical (unpaired) electrons. The number of nitrogens with two attached hydrogens (primary N) is 2. The third-order valence-electron chi connectivity index (χ3n) is 2.67. The lowest BCUT2D eigenvalue weighted by atomic mass is 10.4. The number of benzene rings is 1. The third kappa shape index (κ3) is 3.98. The number of pyridine rings is 1. The summed E-state index contributed by atoms with van der Waals surface area (Å²) in [7, 11) is -1.40. The molecular weight excluding hydrogens is 302 g/mol. The van der Waals surface area contributed by atoms with Crippen molar-refractivity contribution in [2.24, 2.45) is 11.7 Å². The number of rotatable bonds is 4. The minimum atomic E-state index is -1.40. The molecule has 0 saturated heterocycles. The molecule has 114 valence electrons. The quantitative estimate of drug-likeness (QED) is 0.503. The van der Waals surface area contributed by atoms with Gasteiger partial charge in [0.2, 0.25) is 0 Å². The molecule has 1 aromatic carbocycles. The van der Waals surface area contributed by atoms with Crippen molar-refractivity contribution in [1.29, 1.82) is 0 Å². The number of anilines is 1. The Morgan fingerprint density at radius 1 is 1.14 bits per heavy atom. The van der Waals surface area contributed by atoms with Crippen molar-refractivity contribution >= 4 is 22.5 Å². The number of aromatic nitrogens is 1. The monoisotopic (exact) mass is 317 g/mol. The van der Waals surface area contributed by atoms with Crippen LogP contribution in [0.2, 0.25) is 0 Å². The van der Waals surface area contributed by atoms with Gasteiger partial charge in [-0.15, -0.1) is 0 Å². The van der Waals surface area contributed by atoms with Gasteiger partial charge in [-0.2, -0.15) is 0 Å². The predicted molar refractivity (Wildman–Crippen MR) is 84.3 cm³/mol. The summed E-state index contributed by atoms with van der Waals surface area (Å²) in [5, 5.41) is 2.92. The second-order valence-electron chi connectivity index (χ2n) is 4.17. The van der Waals surface area contributed by atoms with Crippen molar-refractivity contribution in [2.45, 2.75) is 4.90 Å². The lowest BCUT2D eigenvalue weighted by Gasteiger charge is -2.20. The number of urea groups is 1. The van der Waals surface area contributed by atoms with E-state index in [0.29, 0.717) is 10.6 Å². The van der Waals surface area contributed by atoms with Gasteiger partial charge >= 0.3 is 6.03 Å². The molecule has 2 rings (SSSR count). The fraction of sp³-hybridized carbons (Fsp3) is 0. The van der Waals surface area contributed by atoms with Gasteiger partial charge in [0.05, 0.1) is 22.7 Å². The van der Waals surface area contributed by atoms with Gasteiger partial charge in [-0.25, -0.2) is 30.7 Å². The molecule has 22 heavy (non-hydrogen) atoms. The molecule has 0 bridgehead atoms. The zero-order valence-corrected chi connectivity index (χ0v) is 12.4. The van der Waals surface area contributed by atoms with E-state index >= 15 is 0 Å². The number of hydrogen-bond donors (Lipinski definition) is 2. The fourth-order valence-corrected chi connectivity index (χ4v) is 2.37. The summed E-state index contributed by atoms with van der Waals surface area (Å²) in [6.07, 6.45) is 4.20. The molecule has 0 fully saturated rings. The highest BCUT2D eigenvalue weighted by Gasteiger charge is 2.15. The highest BCUT2D eigenvalue weighted by atomic mass is 32.2. The molecule has 7 nitrogen and oxygen atoms in total. The van der Waals surface area contributed by atoms with Gasteiger partial charge in [0.15, 0.2) is 0 Å². The SMILES string of the molecule is NN(/C=C/S(=O)c1ccccc1)C(=O)N(N)c1cccnc1. The van der Waals surface area contributed by atoms with Crippen LogP contribution in [-0.2, 0) is 10.8 Å². The van der Waals surface area contributed by atoms with Crippen LogP contribution in [0.25, 0.3) is 0 Å². The van der Waals surface area contributed by atoms with Crippen molar-refractivity contribution in [3.8, 4) is 0 Å². The van der Waals surface area contributed by atoms with Gasteiger partial charge in [0, 0.05) is 22.7 Å². The Morgan fingerprint density at radius 2 is 1.86 bits per heavy atom. The molecule has 2 aromatic rings. The molecule has 1 unspecified atom stereocenters. The maximum Gasteiger partial charge on any atom is 0.357 e. The summed E-state index contributed by atoms with van der Waals surface area (Å²) < 4.78 is 12.0. The Kier molecular flexibility index (Phi) is 5.37. The van der Waals surface area contributed by atoms with Crippen LogP contribution >= 0.6 is 0 Å². The van der Waals surface area contributed by atoms with E-state index in [9.17, 15) is 9.00 Å². The first kappa shape index (κ1) is 15.8. The summed E-state index contributed by atoms with van der Waals surface area (Å²) in [5.41, 5.74) is 0.389. The summed E-state index contributed by atoms with van der Waals surface area (Å²) in [5.74, 6) is 11.3. The van der Waals surface area contributed by atoms with Crippen LogP contribution in [0, 0.1) is 0 Å². The van der Waals surface area contributed by atoms with Crippen LogP contribution in [0.3, 0.4) is 0 Å². The maximum absolute atomic E-state index is 12.0. The first-order valence-electron chi connectivity index (χ1n) is 6.26. The van der Waals surface area contributed by atoms with Crippen LogP contribution in [0.5, 0.6) is 0 Å². The zero-order chi connectivity index (χ0) is 15.9. The van der Waals surface area contributed by atoms with E-state index < -0.39 is 16.8 Å². The zero-order valence-electron chi connectivity index (χ0n) is 11.6. The molecule has 0 aliphatic heterocycles. The minimum absolute atomic E-state index is 0.389. The van der Waals surface area contributed by atoms with Crippen molar-refractivity contribution in [3.63, 3.8) is 0 Å². The normalized spacial score (nSPS) is 12.1. The standard InChI is InChI=1S/C14H15N5O2S/c15-18(9-10-22(21)13-6-2-1-3-7-13)14(20)19(16)12-5-4-8-17-11-12/h1-11H,15-16H2/b10-9+. The number of carbonyl (C=O) groups is 1. The molecule has 1 atom stereocenters. The van der Waals surface area contributed by atoms with E-state index in [1.807, 2.05) is 6.07 Å². The molecule has 0 saturated carbocycles. The predicted octanol–water partition coefficient (Wildman–Crippen LogP) is 1.34. The first-order valence-corrected chi connectivity index (χ1v) is 7.47. The van der Waals surface area contributed by atoms with Crippen LogP contribution in [0.1, 0.15) is 0 Å². The van der Waals surface area contributed by atoms with Crippen LogP contribution < -0.4 is 16.7 Å². The molecule has 0 aliphatic rings. The van der Waals surface area contributed by atoms with Crippen LogP contribution in [-0.4, -0.2) is 20.2 Å². The Hall–Kier alpha value is -2.55. The molecule has 1 heterocycles. The molecular formula is C14H15N5O2S. The highest BCUT2D eigenvalue weighted by Crippen LogP contribution is 2.10. The number of carbonyl (C=O) groups excluding carboxylic acids is 1. The molecule has 0 spiro atoms. The Bertz CT molecular complexity index is 678. The number of hydrogen-bond acceptors (Lipinski definition) is 5. The van der Waals surface area contributed by atoms with Crippen molar-refractivity contribution in [3.05, 3.63) is 66.5 Å². The van der Waals surface area contributed by atoms with Crippen molar-refractivity contribution in [1.82, 2.24) is 9.99 Å². The lowest BCUT2D eigenvalue weighted by Crippen LogP contribution is -2.48. The average molecular weight is 317 g/mol. The van der Waals surface area contributed by atoms with E-state index in [-0.39, 0.29) is 0 Å². The van der Waals surface area contributed by atoms with Crippen LogP contribution in [0.4, 0.5) is 10.5 Å². The van der Waals surface area contributed by atoms with Gasteiger partial charge in [-0.1, -0.05) is 18.2 Å². The van der Waals surface area contributed by atoms with Crippen molar-refractivity contribution in [2.75, 3.05) is 5.01 Å². The van der Waals surface area contributed by atoms with E-state index in [4.69, 9.17) is 11.7 Å². The van der Waals surface area contributed by atoms with E-state index in [2.05, 4.69) is 4.98 Å². The summed E-state index contributed by atoms with van der Waals surface area (Å²) in [6.45, 7) is 0. The average Bonchev–Trinajstić information content (AvgIpc) is 2.59. The molecule has 0 aliphatic carbocycles. The summed E-state index contributed by atoms with van der Waals surface area (Å²) >= 11 is 0. The van der Waals surface area contributed by atoms with Gasteiger partial charge in [-0.05, 0) is 24.3 Å². The topological polar surface area (TPSA) is 106 Å². The second-order valence-corrected chi connectivity index (χ2v) is 5.51. The van der Waals surface area contributed by atoms with E-state index in [1.165, 1.54) is 17.8 Å². The van der Waals surface area contributed by atoms with E-state index in [0.717, 1.165) is 10.0 Å². The Morgan fingerprint density at radius 3 is 2.50 bits per heavy atom. The van der Waals surface area contributed by atoms with Gasteiger partial charge in [0.1, 0.15) is 0 Å². The number of hydrazine groups is 2. The Balaban J connectivity index is 2.02. The first-order chi connectivity index (χ1) is 10.6. The third-order valence-corrected chi connectivity index (χ3v) is 3.78. The molecule has 2 amide bonds. The molecule has 4 N–H and O–H groups in total. The highest BCUT2D eigenvalue weighted by molar-refractivity contribution is 7.88. The fourth-order valence-electron chi connectivity index (χ4n) is 1.55. The van der Waals surface area contributed by atoms with Gasteiger partial charge in [0.25, 0.3) is 0 Å². The van der Waals surface area contributed by atoms with Gasteiger partial charge in [-0.3, -0.25) is 4.98 Å². The largest absolute Gasteiger partial charge is 0.357 e. The van der Waals surface area contributed by atoms with Gasteiger partial charge < -0.3 is 0 Å². The second kappa shape index (κ2) is 7.46. The van der Waals surface area contributed by atoms with Crippen LogP contribution in [0.15, 0.2) is 71.4 Å². The summed E-state index contributed by atoms with van der Waals surface area (Å²) in [4.78, 5) is 16.5. The van der Waals surface area contributed by atoms with Crippen molar-refractivity contribution < 1.29 is 9.00 Å². The Labute approximate surface area is 130 Å². The molecule has 8 heteroatoms.